The Bertz CT molecular complexity index is 3660. The Morgan fingerprint density at radius 1 is 0.493 bits per heavy atom. The van der Waals surface area contributed by atoms with Crippen LogP contribution in [0.5, 0.6) is 0 Å². The first kappa shape index (κ1) is 66.9. The third-order valence-corrected chi connectivity index (χ3v) is 13.0. The molecule has 0 saturated heterocycles. The molecule has 1 aliphatic rings. The van der Waals surface area contributed by atoms with E-state index in [1.165, 1.54) is 6.07 Å². The number of nitro benzene ring substituents is 1. The molecule has 0 aliphatic heterocycles. The minimum atomic E-state index is -5.53. The van der Waals surface area contributed by atoms with Crippen LogP contribution in [0.15, 0.2) is 147 Å². The van der Waals surface area contributed by atoms with Crippen LogP contribution in [0.3, 0.4) is 0 Å². The van der Waals surface area contributed by atoms with Gasteiger partial charge in [0.2, 0.25) is 5.78 Å². The average molecular weight is 1110 g/mol. The largest absolute Gasteiger partial charge is 1.00 e. The first-order chi connectivity index (χ1) is 30.6. The molecule has 0 bridgehead atoms. The van der Waals surface area contributed by atoms with Gasteiger partial charge in [-0.15, -0.1) is 0 Å². The quantitative estimate of drug-likeness (QED) is 0.0269. The van der Waals surface area contributed by atoms with E-state index in [1.807, 2.05) is 0 Å². The van der Waals surface area contributed by atoms with Crippen molar-refractivity contribution >= 4 is 114 Å². The third kappa shape index (κ3) is 17.5. The van der Waals surface area contributed by atoms with Crippen LogP contribution < -0.4 is 153 Å². The number of fused-ring (bicyclic) bond motifs is 1. The van der Waals surface area contributed by atoms with Gasteiger partial charge in [-0.2, -0.15) is 25.6 Å². The Morgan fingerprint density at radius 2 is 0.930 bits per heavy atom. The molecule has 6 rings (SSSR count). The SMILES string of the molecule is O=C1C(=NNc2ccc(N=Nc3ccc(S(=O)(=O)[O-])cc3)cc2S(=O)(=O)[O-])C(S(=O)(=O)[O-])=Cc2cc(N=Nc3ccc(/C=C/c4ccc([N+](=O)[O-])cc4S(=O)(=O)[O-])c(S(=O)(=O)[O-])c3)ccc21.[Na+].[Na+].[Na+].[Na+].[Na+]. The number of rotatable bonds is 14. The molecule has 0 spiro atoms. The second-order valence-electron chi connectivity index (χ2n) is 13.1. The van der Waals surface area contributed by atoms with E-state index in [0.29, 0.717) is 6.07 Å². The molecule has 342 valence electrons. The van der Waals surface area contributed by atoms with Gasteiger partial charge in [-0.1, -0.05) is 18.2 Å². The van der Waals surface area contributed by atoms with Gasteiger partial charge in [0.1, 0.15) is 56.3 Å². The van der Waals surface area contributed by atoms with Gasteiger partial charge < -0.3 is 22.8 Å². The summed E-state index contributed by atoms with van der Waals surface area (Å²) in [5.74, 6) is -1.19. The van der Waals surface area contributed by atoms with Crippen LogP contribution in [0.4, 0.5) is 34.1 Å². The van der Waals surface area contributed by atoms with Crippen LogP contribution in [0.1, 0.15) is 27.0 Å². The number of non-ortho nitro benzene ring substituents is 1. The number of hydrazone groups is 1. The summed E-state index contributed by atoms with van der Waals surface area (Å²) in [4.78, 5) is 19.0. The molecule has 0 radical (unpaired) electrons. The zero-order valence-corrected chi connectivity index (χ0v) is 51.1. The maximum atomic E-state index is 13.5. The summed E-state index contributed by atoms with van der Waals surface area (Å²) < 4.78 is 179. The normalized spacial score (nSPS) is 13.5. The number of benzene rings is 5. The molecule has 35 heteroatoms. The number of nitrogens with zero attached hydrogens (tertiary/aromatic N) is 6. The second kappa shape index (κ2) is 26.6. The number of allylic oxidation sites excluding steroid dienone is 1. The summed E-state index contributed by atoms with van der Waals surface area (Å²) in [6, 6.07) is 15.5. The molecule has 25 nitrogen and oxygen atoms in total. The van der Waals surface area contributed by atoms with Gasteiger partial charge >= 0.3 is 148 Å². The zero-order chi connectivity index (χ0) is 48.6. The van der Waals surface area contributed by atoms with Crippen LogP contribution in [0.2, 0.25) is 0 Å². The van der Waals surface area contributed by atoms with Crippen molar-refractivity contribution in [2.45, 2.75) is 19.6 Å². The maximum Gasteiger partial charge on any atom is 1.00 e. The van der Waals surface area contributed by atoms with E-state index < -0.39 is 103 Å². The molecular formula is C36H20N7Na5O18S5. The first-order valence-electron chi connectivity index (χ1n) is 17.3. The van der Waals surface area contributed by atoms with Crippen molar-refractivity contribution in [2.75, 3.05) is 5.43 Å². The fourth-order valence-electron chi connectivity index (χ4n) is 5.69. The molecule has 1 N–H and O–H groups in total. The minimum Gasteiger partial charge on any atom is -0.744 e. The molecule has 0 fully saturated rings. The van der Waals surface area contributed by atoms with Gasteiger partial charge in [0, 0.05) is 17.7 Å². The van der Waals surface area contributed by atoms with E-state index in [9.17, 15) is 79.8 Å². The van der Waals surface area contributed by atoms with Crippen molar-refractivity contribution < 1.29 is 222 Å². The predicted octanol–water partition coefficient (Wildman–Crippen LogP) is -10.2. The number of Topliss-reactive ketones (excluding diaryl/α,β-unsaturated/α-hetero) is 1. The van der Waals surface area contributed by atoms with Crippen molar-refractivity contribution in [3.05, 3.63) is 134 Å². The van der Waals surface area contributed by atoms with Crippen LogP contribution in [-0.4, -0.2) is 81.3 Å². The van der Waals surface area contributed by atoms with E-state index in [1.54, 1.807) is 0 Å². The van der Waals surface area contributed by atoms with Gasteiger partial charge in [0.15, 0.2) is 0 Å². The molecule has 0 heterocycles. The van der Waals surface area contributed by atoms with Crippen molar-refractivity contribution in [3.8, 4) is 0 Å². The summed E-state index contributed by atoms with van der Waals surface area (Å²) in [7, 11) is -26.2. The summed E-state index contributed by atoms with van der Waals surface area (Å²) in [6.07, 6.45) is 2.60. The number of nitro groups is 1. The number of nitrogens with one attached hydrogen (secondary N) is 1. The standard InChI is InChI=1S/C36H25N7O18S5.5Na/c44-36-29-13-8-24(38-40-25-5-3-20(31(17-25)63(50,51)52)1-2-21-4-10-27(43(45)46)19-32(21)64(53,54)55)15-22(29)16-34(66(59,60)61)35(36)42-41-30-14-9-26(18-33(30)65(56,57)58)39-37-23-6-11-28(12-7-23)62(47,48)49;;;;;/h1-19,41H,(H,47,48,49)(H,50,51,52)(H,53,54,55)(H,56,57,58)(H,59,60,61);;;;;/q;5*+1/p-5/b2-1+,39-37?,40-38?,42-35?;;;;;. The number of hydrogen-bond donors (Lipinski definition) is 1. The molecule has 0 saturated carbocycles. The van der Waals surface area contributed by atoms with E-state index in [4.69, 9.17) is 0 Å². The molecule has 0 aromatic heterocycles. The number of carbonyl (C=O) groups is 1. The molecular weight excluding hydrogens is 1090 g/mol. The molecule has 5 aromatic carbocycles. The van der Waals surface area contributed by atoms with Gasteiger partial charge in [0.25, 0.3) is 5.69 Å². The van der Waals surface area contributed by atoms with Gasteiger partial charge in [-0.25, -0.2) is 42.1 Å². The summed E-state index contributed by atoms with van der Waals surface area (Å²) in [5.41, 5.74) is -2.10. The van der Waals surface area contributed by atoms with Crippen LogP contribution in [0, 0.1) is 10.1 Å². The number of azo groups is 2. The molecule has 1 aliphatic carbocycles. The Morgan fingerprint density at radius 3 is 1.42 bits per heavy atom. The second-order valence-corrected chi connectivity index (χ2v) is 19.8. The number of hydrogen-bond acceptors (Lipinski definition) is 24. The monoisotopic (exact) mass is 1110 g/mol. The minimum absolute atomic E-state index is 0. The van der Waals surface area contributed by atoms with Gasteiger partial charge in [-0.05, 0) is 102 Å². The molecule has 0 unspecified atom stereocenters. The Balaban J connectivity index is 0.00000504. The van der Waals surface area contributed by atoms with Crippen LogP contribution in [-0.2, 0) is 50.6 Å². The summed E-state index contributed by atoms with van der Waals surface area (Å²) >= 11 is 0. The average Bonchev–Trinajstić information content (AvgIpc) is 3.22. The Kier molecular flexibility index (Phi) is 25.0. The number of carbonyl (C=O) groups excluding carboxylic acids is 1. The third-order valence-electron chi connectivity index (χ3n) is 8.68. The van der Waals surface area contributed by atoms with Crippen molar-refractivity contribution in [3.63, 3.8) is 0 Å². The van der Waals surface area contributed by atoms with Crippen molar-refractivity contribution in [1.29, 1.82) is 0 Å². The van der Waals surface area contributed by atoms with Gasteiger partial charge in [-0.3, -0.25) is 20.3 Å². The number of anilines is 1. The Labute approximate surface area is 514 Å². The van der Waals surface area contributed by atoms with E-state index in [2.05, 4.69) is 31.0 Å². The maximum absolute atomic E-state index is 13.5. The van der Waals surface area contributed by atoms with E-state index in [0.717, 1.165) is 103 Å². The Hall–Kier alpha value is -2.13. The van der Waals surface area contributed by atoms with Crippen molar-refractivity contribution in [2.24, 2.45) is 25.6 Å². The van der Waals surface area contributed by atoms with Crippen LogP contribution in [0.25, 0.3) is 18.2 Å². The smallest absolute Gasteiger partial charge is 0.744 e. The number of ketones is 1. The zero-order valence-electron chi connectivity index (χ0n) is 37.0. The van der Waals surface area contributed by atoms with Crippen LogP contribution >= 0.6 is 0 Å². The van der Waals surface area contributed by atoms with E-state index in [-0.39, 0.29) is 193 Å². The molecule has 0 amide bonds. The first-order valence-corrected chi connectivity index (χ1v) is 24.4. The fraction of sp³-hybridized carbons (Fsp3) is 0. The fourth-order valence-corrected chi connectivity index (χ4v) is 8.84. The van der Waals surface area contributed by atoms with Crippen molar-refractivity contribution in [1.82, 2.24) is 0 Å². The summed E-state index contributed by atoms with van der Waals surface area (Å²) in [5, 5.41) is 30.0. The van der Waals surface area contributed by atoms with Gasteiger partial charge in [0.05, 0.1) is 57.8 Å². The summed E-state index contributed by atoms with van der Waals surface area (Å²) in [6.45, 7) is 0. The predicted molar refractivity (Wildman–Crippen MR) is 221 cm³/mol. The molecule has 5 aromatic rings. The van der Waals surface area contributed by atoms with E-state index >= 15 is 0 Å². The topological polar surface area (TPSA) is 420 Å². The molecule has 0 atom stereocenters. The molecule has 71 heavy (non-hydrogen) atoms.